The molecular formula is C11H17F3N2O3. The third kappa shape index (κ3) is 2.68. The lowest BCUT2D eigenvalue weighted by Crippen LogP contribution is -2.60. The lowest BCUT2D eigenvalue weighted by molar-refractivity contribution is -0.217. The molecule has 0 bridgehead atoms. The van der Waals surface area contributed by atoms with Crippen LogP contribution >= 0.6 is 0 Å². The van der Waals surface area contributed by atoms with Crippen molar-refractivity contribution in [2.75, 3.05) is 13.1 Å². The smallest absolute Gasteiger partial charge is 0.404 e. The minimum Gasteiger partial charge on any atom is -0.480 e. The quantitative estimate of drug-likeness (QED) is 0.716. The van der Waals surface area contributed by atoms with Crippen molar-refractivity contribution in [3.8, 4) is 0 Å². The predicted octanol–water partition coefficient (Wildman–Crippen LogP) is 0.898. The van der Waals surface area contributed by atoms with Gasteiger partial charge in [0.25, 0.3) is 0 Å². The fourth-order valence-electron chi connectivity index (χ4n) is 1.92. The summed E-state index contributed by atoms with van der Waals surface area (Å²) in [6.45, 7) is 2.23. The zero-order valence-electron chi connectivity index (χ0n) is 10.7. The Kier molecular flexibility index (Phi) is 4.14. The van der Waals surface area contributed by atoms with Crippen molar-refractivity contribution in [2.45, 2.75) is 38.4 Å². The van der Waals surface area contributed by atoms with Gasteiger partial charge in [0.15, 0.2) is 5.41 Å². The van der Waals surface area contributed by atoms with Gasteiger partial charge in [0.1, 0.15) is 5.54 Å². The second kappa shape index (κ2) is 4.99. The molecule has 1 fully saturated rings. The number of carboxylic acid groups (broad SMARTS) is 1. The number of carbonyl (C=O) groups is 2. The second-order valence-corrected chi connectivity index (χ2v) is 4.95. The van der Waals surface area contributed by atoms with E-state index in [1.54, 1.807) is 0 Å². The monoisotopic (exact) mass is 282 g/mol. The van der Waals surface area contributed by atoms with Crippen LogP contribution in [0.15, 0.2) is 0 Å². The number of rotatable bonds is 4. The average Bonchev–Trinajstić information content (AvgIpc) is 2.78. The topological polar surface area (TPSA) is 78.4 Å². The third-order valence-electron chi connectivity index (χ3n) is 3.70. The minimum atomic E-state index is -4.71. The van der Waals surface area contributed by atoms with E-state index in [4.69, 9.17) is 5.11 Å². The van der Waals surface area contributed by atoms with Gasteiger partial charge < -0.3 is 15.7 Å². The van der Waals surface area contributed by atoms with Crippen molar-refractivity contribution in [3.05, 3.63) is 0 Å². The average molecular weight is 282 g/mol. The number of hydrogen-bond donors (Lipinski definition) is 3. The highest BCUT2D eigenvalue weighted by Crippen LogP contribution is 2.43. The number of amides is 1. The zero-order valence-corrected chi connectivity index (χ0v) is 10.7. The molecule has 0 aromatic carbocycles. The maximum atomic E-state index is 13.1. The molecule has 0 saturated carbocycles. The number of nitrogens with one attached hydrogen (secondary N) is 2. The molecule has 19 heavy (non-hydrogen) atoms. The molecule has 0 aromatic heterocycles. The standard InChI is InChI=1S/C11H17F3N2O3/c1-3-9(2,8(18)19)16-7(17)10(11(12,13)14)4-5-15-6-10/h15H,3-6H2,1-2H3,(H,16,17)(H,18,19). The van der Waals surface area contributed by atoms with Gasteiger partial charge in [-0.2, -0.15) is 13.2 Å². The Morgan fingerprint density at radius 1 is 1.42 bits per heavy atom. The van der Waals surface area contributed by atoms with Gasteiger partial charge >= 0.3 is 12.1 Å². The number of carbonyl (C=O) groups excluding carboxylic acids is 1. The molecule has 2 unspecified atom stereocenters. The van der Waals surface area contributed by atoms with Crippen molar-refractivity contribution >= 4 is 11.9 Å². The Bertz CT molecular complexity index is 378. The fourth-order valence-corrected chi connectivity index (χ4v) is 1.92. The molecule has 2 atom stereocenters. The van der Waals surface area contributed by atoms with Crippen molar-refractivity contribution in [2.24, 2.45) is 5.41 Å². The van der Waals surface area contributed by atoms with Gasteiger partial charge in [-0.25, -0.2) is 4.79 Å². The van der Waals surface area contributed by atoms with E-state index in [0.29, 0.717) is 0 Å². The second-order valence-electron chi connectivity index (χ2n) is 4.95. The van der Waals surface area contributed by atoms with Crippen LogP contribution in [0.4, 0.5) is 13.2 Å². The normalized spacial score (nSPS) is 26.8. The van der Waals surface area contributed by atoms with Gasteiger partial charge in [0.05, 0.1) is 0 Å². The summed E-state index contributed by atoms with van der Waals surface area (Å²) in [6.07, 6.45) is -5.11. The molecule has 3 N–H and O–H groups in total. The molecule has 1 rings (SSSR count). The third-order valence-corrected chi connectivity index (χ3v) is 3.70. The summed E-state index contributed by atoms with van der Waals surface area (Å²) in [5, 5.41) is 13.5. The van der Waals surface area contributed by atoms with Gasteiger partial charge in [0.2, 0.25) is 5.91 Å². The highest BCUT2D eigenvalue weighted by Gasteiger charge is 2.62. The summed E-state index contributed by atoms with van der Waals surface area (Å²) in [7, 11) is 0. The first-order chi connectivity index (χ1) is 8.59. The van der Waals surface area contributed by atoms with Gasteiger partial charge in [-0.05, 0) is 26.3 Å². The summed E-state index contributed by atoms with van der Waals surface area (Å²) in [4.78, 5) is 23.0. The largest absolute Gasteiger partial charge is 0.480 e. The first-order valence-electron chi connectivity index (χ1n) is 5.92. The summed E-state index contributed by atoms with van der Waals surface area (Å²) in [6, 6.07) is 0. The Labute approximate surface area is 108 Å². The Balaban J connectivity index is 3.01. The van der Waals surface area contributed by atoms with Crippen LogP contribution in [0.25, 0.3) is 0 Å². The molecule has 0 aliphatic carbocycles. The summed E-state index contributed by atoms with van der Waals surface area (Å²) >= 11 is 0. The van der Waals surface area contributed by atoms with Crippen LogP contribution in [0.5, 0.6) is 0 Å². The summed E-state index contributed by atoms with van der Waals surface area (Å²) < 4.78 is 39.3. The molecule has 1 aliphatic rings. The van der Waals surface area contributed by atoms with Crippen LogP contribution in [0, 0.1) is 5.41 Å². The Morgan fingerprint density at radius 2 is 2.00 bits per heavy atom. The lowest BCUT2D eigenvalue weighted by Gasteiger charge is -2.34. The maximum absolute atomic E-state index is 13.1. The molecule has 1 amide bonds. The van der Waals surface area contributed by atoms with Crippen molar-refractivity contribution in [1.82, 2.24) is 10.6 Å². The van der Waals surface area contributed by atoms with E-state index < -0.39 is 35.6 Å². The first-order valence-corrected chi connectivity index (χ1v) is 5.92. The Hall–Kier alpha value is -1.31. The molecule has 0 spiro atoms. The van der Waals surface area contributed by atoms with Gasteiger partial charge in [-0.3, -0.25) is 4.79 Å². The highest BCUT2D eigenvalue weighted by molar-refractivity contribution is 5.90. The van der Waals surface area contributed by atoms with Crippen molar-refractivity contribution < 1.29 is 27.9 Å². The molecule has 1 aliphatic heterocycles. The first kappa shape index (κ1) is 15.7. The van der Waals surface area contributed by atoms with E-state index in [1.807, 2.05) is 5.32 Å². The minimum absolute atomic E-state index is 0.00452. The number of hydrogen-bond acceptors (Lipinski definition) is 3. The molecule has 0 aromatic rings. The molecule has 110 valence electrons. The SMILES string of the molecule is CCC(C)(NC(=O)C1(C(F)(F)F)CCNC1)C(=O)O. The van der Waals surface area contributed by atoms with E-state index in [0.717, 1.165) is 0 Å². The van der Waals surface area contributed by atoms with E-state index in [1.165, 1.54) is 13.8 Å². The van der Waals surface area contributed by atoms with Crippen LogP contribution in [-0.2, 0) is 9.59 Å². The van der Waals surface area contributed by atoms with Gasteiger partial charge in [0, 0.05) is 6.54 Å². The number of carboxylic acids is 1. The van der Waals surface area contributed by atoms with Crippen molar-refractivity contribution in [1.29, 1.82) is 0 Å². The molecule has 1 saturated heterocycles. The molecular weight excluding hydrogens is 265 g/mol. The Morgan fingerprint density at radius 3 is 2.32 bits per heavy atom. The van der Waals surface area contributed by atoms with Gasteiger partial charge in [-0.1, -0.05) is 6.92 Å². The van der Waals surface area contributed by atoms with E-state index in [9.17, 15) is 22.8 Å². The molecule has 1 heterocycles. The van der Waals surface area contributed by atoms with Crippen LogP contribution in [0.3, 0.4) is 0 Å². The maximum Gasteiger partial charge on any atom is 0.404 e. The van der Waals surface area contributed by atoms with Crippen molar-refractivity contribution in [3.63, 3.8) is 0 Å². The number of aliphatic carboxylic acids is 1. The lowest BCUT2D eigenvalue weighted by atomic mass is 9.83. The number of halogens is 3. The number of alkyl halides is 3. The molecule has 8 heteroatoms. The highest BCUT2D eigenvalue weighted by atomic mass is 19.4. The predicted molar refractivity (Wildman–Crippen MR) is 60.4 cm³/mol. The molecule has 5 nitrogen and oxygen atoms in total. The zero-order chi connectivity index (χ0) is 14.9. The summed E-state index contributed by atoms with van der Waals surface area (Å²) in [5.41, 5.74) is -4.24. The van der Waals surface area contributed by atoms with Crippen LogP contribution in [0.1, 0.15) is 26.7 Å². The fraction of sp³-hybridized carbons (Fsp3) is 0.818. The van der Waals surface area contributed by atoms with E-state index in [2.05, 4.69) is 5.32 Å². The van der Waals surface area contributed by atoms with Crippen LogP contribution in [0.2, 0.25) is 0 Å². The van der Waals surface area contributed by atoms with Crippen LogP contribution in [-0.4, -0.2) is 41.8 Å². The van der Waals surface area contributed by atoms with E-state index >= 15 is 0 Å². The van der Waals surface area contributed by atoms with Gasteiger partial charge in [-0.15, -0.1) is 0 Å². The molecule has 0 radical (unpaired) electrons. The van der Waals surface area contributed by atoms with E-state index in [-0.39, 0.29) is 19.4 Å². The van der Waals surface area contributed by atoms with Crippen LogP contribution < -0.4 is 10.6 Å². The summed E-state index contributed by atoms with van der Waals surface area (Å²) in [5.74, 6) is -2.64.